The van der Waals surface area contributed by atoms with E-state index in [1.54, 1.807) is 6.33 Å². The zero-order valence-corrected chi connectivity index (χ0v) is 18.0. The lowest BCUT2D eigenvalue weighted by molar-refractivity contribution is 0.867. The van der Waals surface area contributed by atoms with Crippen LogP contribution in [0.4, 0.5) is 5.82 Å². The zero-order valence-electron chi connectivity index (χ0n) is 17.2. The summed E-state index contributed by atoms with van der Waals surface area (Å²) < 4.78 is 0. The van der Waals surface area contributed by atoms with Crippen LogP contribution in [0, 0.1) is 0 Å². The topological polar surface area (TPSA) is 79.4 Å². The molecular weight excluding hydrogens is 408 g/mol. The van der Waals surface area contributed by atoms with Crippen LogP contribution >= 0.6 is 11.6 Å². The van der Waals surface area contributed by atoms with E-state index >= 15 is 0 Å². The molecule has 3 heterocycles. The number of hydrogen-bond donors (Lipinski definition) is 2. The molecule has 3 aromatic heterocycles. The Morgan fingerprint density at radius 3 is 2.74 bits per heavy atom. The number of benzene rings is 2. The molecule has 0 saturated carbocycles. The number of nitrogens with zero attached hydrogens (tertiary/aromatic N) is 4. The smallest absolute Gasteiger partial charge is 0.162 e. The van der Waals surface area contributed by atoms with Crippen molar-refractivity contribution in [3.63, 3.8) is 0 Å². The fraction of sp³-hybridized carbons (Fsp3) is 0.167. The average Bonchev–Trinajstić information content (AvgIpc) is 3.27. The second kappa shape index (κ2) is 7.96. The van der Waals surface area contributed by atoms with Gasteiger partial charge in [0.25, 0.3) is 0 Å². The van der Waals surface area contributed by atoms with Gasteiger partial charge in [-0.1, -0.05) is 55.8 Å². The summed E-state index contributed by atoms with van der Waals surface area (Å²) in [5.74, 6) is 1.11. The van der Waals surface area contributed by atoms with Crippen molar-refractivity contribution in [3.8, 4) is 11.3 Å². The Balaban J connectivity index is 1.61. The van der Waals surface area contributed by atoms with Crippen molar-refractivity contribution in [2.24, 2.45) is 0 Å². The lowest BCUT2D eigenvalue weighted by atomic mass is 9.97. The number of rotatable bonds is 5. The molecule has 0 amide bonds. The number of aromatic nitrogens is 5. The van der Waals surface area contributed by atoms with E-state index in [1.807, 2.05) is 18.2 Å². The van der Waals surface area contributed by atoms with E-state index in [9.17, 15) is 0 Å². The number of pyridine rings is 1. The molecule has 0 radical (unpaired) electrons. The van der Waals surface area contributed by atoms with E-state index in [1.165, 1.54) is 11.9 Å². The normalized spacial score (nSPS) is 11.5. The molecule has 0 aliphatic carbocycles. The molecule has 0 saturated heterocycles. The third kappa shape index (κ3) is 3.70. The number of fused-ring (bicyclic) bond motifs is 2. The van der Waals surface area contributed by atoms with Gasteiger partial charge in [-0.25, -0.2) is 19.9 Å². The van der Waals surface area contributed by atoms with Crippen LogP contribution in [0.3, 0.4) is 0 Å². The molecule has 0 aliphatic heterocycles. The van der Waals surface area contributed by atoms with Crippen molar-refractivity contribution >= 4 is 39.5 Å². The quantitative estimate of drug-likeness (QED) is 0.361. The molecule has 0 spiro atoms. The summed E-state index contributed by atoms with van der Waals surface area (Å²) in [4.78, 5) is 20.9. The van der Waals surface area contributed by atoms with E-state index in [4.69, 9.17) is 16.6 Å². The fourth-order valence-corrected chi connectivity index (χ4v) is 3.93. The van der Waals surface area contributed by atoms with Crippen LogP contribution in [0.1, 0.15) is 30.9 Å². The van der Waals surface area contributed by atoms with E-state index in [0.29, 0.717) is 34.5 Å². The minimum absolute atomic E-state index is 0.430. The van der Waals surface area contributed by atoms with Gasteiger partial charge in [0.1, 0.15) is 11.8 Å². The molecule has 7 heteroatoms. The Bertz CT molecular complexity index is 1390. The van der Waals surface area contributed by atoms with Crippen molar-refractivity contribution in [2.45, 2.75) is 26.3 Å². The minimum Gasteiger partial charge on any atom is -0.364 e. The second-order valence-corrected chi connectivity index (χ2v) is 8.17. The first-order valence-corrected chi connectivity index (χ1v) is 10.5. The molecule has 2 N–H and O–H groups in total. The maximum Gasteiger partial charge on any atom is 0.162 e. The third-order valence-corrected chi connectivity index (χ3v) is 5.67. The van der Waals surface area contributed by atoms with E-state index in [2.05, 4.69) is 69.4 Å². The molecule has 2 aromatic carbocycles. The fourth-order valence-electron chi connectivity index (χ4n) is 3.71. The van der Waals surface area contributed by atoms with Crippen molar-refractivity contribution in [1.29, 1.82) is 0 Å². The highest BCUT2D eigenvalue weighted by Crippen LogP contribution is 2.31. The summed E-state index contributed by atoms with van der Waals surface area (Å²) in [6.07, 6.45) is 3.14. The summed E-state index contributed by atoms with van der Waals surface area (Å²) in [6, 6.07) is 16.5. The summed E-state index contributed by atoms with van der Waals surface area (Å²) in [5, 5.41) is 5.06. The molecule has 0 fully saturated rings. The number of imidazole rings is 1. The van der Waals surface area contributed by atoms with Gasteiger partial charge in [-0.3, -0.25) is 0 Å². The zero-order chi connectivity index (χ0) is 21.4. The Kier molecular flexibility index (Phi) is 5.00. The first kappa shape index (κ1) is 19.5. The van der Waals surface area contributed by atoms with Crippen LogP contribution in [-0.4, -0.2) is 24.9 Å². The van der Waals surface area contributed by atoms with Gasteiger partial charge in [-0.2, -0.15) is 0 Å². The van der Waals surface area contributed by atoms with Gasteiger partial charge in [0.15, 0.2) is 11.5 Å². The highest BCUT2D eigenvalue weighted by molar-refractivity contribution is 6.35. The number of hydrogen-bond acceptors (Lipinski definition) is 5. The standard InChI is InChI=1S/C24H21ClN6/c1-14(2)15-5-3-6-16(9-15)20-18(10-17-7-4-8-19(25)21(17)31-20)11-26-23-22-24(28-12-27-22)30-13-29-23/h3-10,12-14H,11H2,1-2H3,(H2,26,27,28,29,30). The summed E-state index contributed by atoms with van der Waals surface area (Å²) >= 11 is 6.47. The highest BCUT2D eigenvalue weighted by Gasteiger charge is 2.14. The van der Waals surface area contributed by atoms with Gasteiger partial charge in [-0.05, 0) is 35.2 Å². The Morgan fingerprint density at radius 2 is 1.87 bits per heavy atom. The van der Waals surface area contributed by atoms with Crippen molar-refractivity contribution < 1.29 is 0 Å². The van der Waals surface area contributed by atoms with Gasteiger partial charge < -0.3 is 10.3 Å². The monoisotopic (exact) mass is 428 g/mol. The minimum atomic E-state index is 0.430. The number of nitrogens with one attached hydrogen (secondary N) is 2. The molecule has 6 nitrogen and oxygen atoms in total. The summed E-state index contributed by atoms with van der Waals surface area (Å²) in [6.45, 7) is 4.92. The number of H-pyrrole nitrogens is 1. The lowest BCUT2D eigenvalue weighted by Gasteiger charge is -2.15. The molecule has 154 valence electrons. The number of halogens is 1. The third-order valence-electron chi connectivity index (χ3n) is 5.37. The van der Waals surface area contributed by atoms with E-state index in [0.717, 1.165) is 27.7 Å². The van der Waals surface area contributed by atoms with Crippen LogP contribution in [0.2, 0.25) is 5.02 Å². The number of anilines is 1. The van der Waals surface area contributed by atoms with E-state index in [-0.39, 0.29) is 0 Å². The Labute approximate surface area is 184 Å². The largest absolute Gasteiger partial charge is 0.364 e. The maximum absolute atomic E-state index is 6.47. The van der Waals surface area contributed by atoms with Gasteiger partial charge in [0.2, 0.25) is 0 Å². The Hall–Kier alpha value is -3.51. The molecule has 0 bridgehead atoms. The van der Waals surface area contributed by atoms with Crippen molar-refractivity contribution in [2.75, 3.05) is 5.32 Å². The predicted molar refractivity (Wildman–Crippen MR) is 125 cm³/mol. The molecule has 5 aromatic rings. The first-order chi connectivity index (χ1) is 15.1. The predicted octanol–water partition coefficient (Wildman–Crippen LogP) is 5.96. The molecule has 0 atom stereocenters. The van der Waals surface area contributed by atoms with Gasteiger partial charge in [-0.15, -0.1) is 0 Å². The van der Waals surface area contributed by atoms with Crippen LogP contribution < -0.4 is 5.32 Å². The molecular formula is C24H21ClN6. The van der Waals surface area contributed by atoms with Crippen LogP contribution in [0.25, 0.3) is 33.3 Å². The van der Waals surface area contributed by atoms with Gasteiger partial charge in [0.05, 0.1) is 22.6 Å². The van der Waals surface area contributed by atoms with Crippen molar-refractivity contribution in [1.82, 2.24) is 24.9 Å². The molecule has 0 unspecified atom stereocenters. The Morgan fingerprint density at radius 1 is 1.00 bits per heavy atom. The summed E-state index contributed by atoms with van der Waals surface area (Å²) in [7, 11) is 0. The SMILES string of the molecule is CC(C)c1cccc(-c2nc3c(Cl)cccc3cc2CNc2ncnc3[nH]cnc23)c1. The average molecular weight is 429 g/mol. The summed E-state index contributed by atoms with van der Waals surface area (Å²) in [5.41, 5.74) is 6.51. The second-order valence-electron chi connectivity index (χ2n) is 7.76. The first-order valence-electron chi connectivity index (χ1n) is 10.2. The molecule has 5 rings (SSSR count). The number of para-hydroxylation sites is 1. The van der Waals surface area contributed by atoms with Crippen molar-refractivity contribution in [3.05, 3.63) is 77.3 Å². The van der Waals surface area contributed by atoms with Gasteiger partial charge in [0, 0.05) is 17.5 Å². The van der Waals surface area contributed by atoms with Gasteiger partial charge >= 0.3 is 0 Å². The molecule has 0 aliphatic rings. The highest BCUT2D eigenvalue weighted by atomic mass is 35.5. The van der Waals surface area contributed by atoms with Crippen LogP contribution in [0.15, 0.2) is 61.2 Å². The van der Waals surface area contributed by atoms with Crippen LogP contribution in [0.5, 0.6) is 0 Å². The lowest BCUT2D eigenvalue weighted by Crippen LogP contribution is -2.05. The molecule has 31 heavy (non-hydrogen) atoms. The number of aromatic amines is 1. The maximum atomic E-state index is 6.47. The van der Waals surface area contributed by atoms with E-state index < -0.39 is 0 Å². The van der Waals surface area contributed by atoms with Crippen LogP contribution in [-0.2, 0) is 6.54 Å².